The molecule has 0 aliphatic heterocycles. The van der Waals surface area contributed by atoms with Gasteiger partial charge in [0.25, 0.3) is 10.0 Å². The molecular formula is C24H24N6O2S. The number of para-hydroxylation sites is 2. The molecule has 1 heterocycles. The summed E-state index contributed by atoms with van der Waals surface area (Å²) in [7, 11) is -3.87. The van der Waals surface area contributed by atoms with Gasteiger partial charge in [-0.25, -0.2) is 13.1 Å². The van der Waals surface area contributed by atoms with Crippen molar-refractivity contribution in [2.24, 2.45) is 10.2 Å². The molecule has 0 fully saturated rings. The molecule has 4 rings (SSSR count). The lowest BCUT2D eigenvalue weighted by Gasteiger charge is -2.23. The average molecular weight is 461 g/mol. The molecule has 0 amide bonds. The Kier molecular flexibility index (Phi) is 6.23. The zero-order valence-corrected chi connectivity index (χ0v) is 19.1. The maximum absolute atomic E-state index is 13.5. The lowest BCUT2D eigenvalue weighted by Crippen LogP contribution is -2.30. The molecule has 9 heteroatoms. The van der Waals surface area contributed by atoms with Gasteiger partial charge in [0.15, 0.2) is 11.5 Å². The number of rotatable bonds is 7. The fraction of sp³-hybridized carbons (Fsp3) is 0.125. The fourth-order valence-electron chi connectivity index (χ4n) is 3.49. The van der Waals surface area contributed by atoms with E-state index in [-0.39, 0.29) is 17.1 Å². The summed E-state index contributed by atoms with van der Waals surface area (Å²) in [5, 5.41) is 13.0. The van der Waals surface area contributed by atoms with E-state index in [9.17, 15) is 8.42 Å². The molecule has 0 bridgehead atoms. The second-order valence-corrected chi connectivity index (χ2v) is 9.07. The van der Waals surface area contributed by atoms with E-state index >= 15 is 0 Å². The second kappa shape index (κ2) is 9.25. The van der Waals surface area contributed by atoms with E-state index in [1.165, 1.54) is 10.4 Å². The van der Waals surface area contributed by atoms with Crippen molar-refractivity contribution >= 4 is 32.9 Å². The highest BCUT2D eigenvalue weighted by Gasteiger charge is 2.26. The Morgan fingerprint density at radius 3 is 2.18 bits per heavy atom. The average Bonchev–Trinajstić information content (AvgIpc) is 3.12. The number of anilines is 2. The summed E-state index contributed by atoms with van der Waals surface area (Å²) in [5.74, 6) is 0.322. The van der Waals surface area contributed by atoms with Gasteiger partial charge in [-0.2, -0.15) is 5.10 Å². The molecule has 168 valence electrons. The van der Waals surface area contributed by atoms with E-state index in [0.717, 1.165) is 5.69 Å². The maximum atomic E-state index is 13.5. The van der Waals surface area contributed by atoms with Gasteiger partial charge < -0.3 is 5.73 Å². The molecule has 0 atom stereocenters. The molecule has 8 nitrogen and oxygen atoms in total. The zero-order chi connectivity index (χ0) is 23.4. The number of nitrogens with zero attached hydrogens (tertiary/aromatic N) is 5. The lowest BCUT2D eigenvalue weighted by molar-refractivity contribution is 0.592. The SMILES string of the molecule is CCN(c1ccccc1)S(=O)(=O)c1ccccc1N=Nc1c(C)nn(-c2ccccc2)c1N. The van der Waals surface area contributed by atoms with Crippen LogP contribution >= 0.6 is 0 Å². The van der Waals surface area contributed by atoms with Gasteiger partial charge in [0.05, 0.1) is 17.1 Å². The van der Waals surface area contributed by atoms with E-state index in [1.54, 1.807) is 61.0 Å². The van der Waals surface area contributed by atoms with Crippen molar-refractivity contribution in [2.45, 2.75) is 18.7 Å². The maximum Gasteiger partial charge on any atom is 0.266 e. The number of hydrogen-bond donors (Lipinski definition) is 1. The Labute approximate surface area is 193 Å². The predicted molar refractivity (Wildman–Crippen MR) is 130 cm³/mol. The summed E-state index contributed by atoms with van der Waals surface area (Å²) in [6.45, 7) is 3.84. The van der Waals surface area contributed by atoms with Crippen molar-refractivity contribution in [3.05, 3.63) is 90.6 Å². The van der Waals surface area contributed by atoms with Crippen LogP contribution in [0.3, 0.4) is 0 Å². The first kappa shape index (κ1) is 22.2. The molecule has 2 N–H and O–H groups in total. The Hall–Kier alpha value is -3.98. The number of aromatic nitrogens is 2. The van der Waals surface area contributed by atoms with Crippen LogP contribution in [0.5, 0.6) is 0 Å². The molecule has 0 aliphatic rings. The molecule has 3 aromatic carbocycles. The largest absolute Gasteiger partial charge is 0.382 e. The van der Waals surface area contributed by atoms with Crippen LogP contribution in [0, 0.1) is 6.92 Å². The third-order valence-corrected chi connectivity index (χ3v) is 7.04. The first-order chi connectivity index (χ1) is 15.9. The Balaban J connectivity index is 1.73. The first-order valence-corrected chi connectivity index (χ1v) is 11.9. The van der Waals surface area contributed by atoms with Gasteiger partial charge in [0, 0.05) is 6.54 Å². The molecule has 33 heavy (non-hydrogen) atoms. The summed E-state index contributed by atoms with van der Waals surface area (Å²) < 4.78 is 29.9. The van der Waals surface area contributed by atoms with Crippen LogP contribution in [-0.2, 0) is 10.0 Å². The van der Waals surface area contributed by atoms with Crippen LogP contribution in [-0.4, -0.2) is 24.7 Å². The summed E-state index contributed by atoms with van der Waals surface area (Å²) in [6, 6.07) is 24.9. The summed E-state index contributed by atoms with van der Waals surface area (Å²) in [6.07, 6.45) is 0. The van der Waals surface area contributed by atoms with Gasteiger partial charge in [-0.15, -0.1) is 10.2 Å². The summed E-state index contributed by atoms with van der Waals surface area (Å²) >= 11 is 0. The number of azo groups is 1. The van der Waals surface area contributed by atoms with Crippen molar-refractivity contribution in [1.82, 2.24) is 9.78 Å². The highest BCUT2D eigenvalue weighted by molar-refractivity contribution is 7.93. The molecule has 0 saturated carbocycles. The monoisotopic (exact) mass is 460 g/mol. The number of nitrogen functional groups attached to an aromatic ring is 1. The fourth-order valence-corrected chi connectivity index (χ4v) is 5.09. The Bertz CT molecular complexity index is 1380. The van der Waals surface area contributed by atoms with E-state index in [0.29, 0.717) is 22.9 Å². The normalized spacial score (nSPS) is 11.7. The Morgan fingerprint density at radius 2 is 1.52 bits per heavy atom. The number of aryl methyl sites for hydroxylation is 1. The lowest BCUT2D eigenvalue weighted by atomic mass is 10.3. The van der Waals surface area contributed by atoms with E-state index < -0.39 is 10.0 Å². The van der Waals surface area contributed by atoms with Crippen LogP contribution in [0.15, 0.2) is 100 Å². The van der Waals surface area contributed by atoms with Crippen LogP contribution in [0.25, 0.3) is 5.69 Å². The highest BCUT2D eigenvalue weighted by atomic mass is 32.2. The first-order valence-electron chi connectivity index (χ1n) is 10.4. The van der Waals surface area contributed by atoms with Crippen LogP contribution in [0.2, 0.25) is 0 Å². The van der Waals surface area contributed by atoms with E-state index in [1.807, 2.05) is 36.4 Å². The highest BCUT2D eigenvalue weighted by Crippen LogP contribution is 2.34. The summed E-state index contributed by atoms with van der Waals surface area (Å²) in [5.41, 5.74) is 8.86. The molecule has 0 spiro atoms. The minimum Gasteiger partial charge on any atom is -0.382 e. The van der Waals surface area contributed by atoms with Gasteiger partial charge in [0.2, 0.25) is 0 Å². The van der Waals surface area contributed by atoms with E-state index in [4.69, 9.17) is 5.73 Å². The summed E-state index contributed by atoms with van der Waals surface area (Å²) in [4.78, 5) is 0.0612. The molecule has 1 aromatic heterocycles. The molecule has 0 aliphatic carbocycles. The molecule has 0 saturated heterocycles. The van der Waals surface area contributed by atoms with Gasteiger partial charge >= 0.3 is 0 Å². The van der Waals surface area contributed by atoms with Gasteiger partial charge in [-0.3, -0.25) is 4.31 Å². The molecule has 0 unspecified atom stereocenters. The van der Waals surface area contributed by atoms with Gasteiger partial charge in [0.1, 0.15) is 10.6 Å². The number of benzene rings is 3. The van der Waals surface area contributed by atoms with Crippen LogP contribution in [0.1, 0.15) is 12.6 Å². The van der Waals surface area contributed by atoms with Crippen LogP contribution < -0.4 is 10.0 Å². The third-order valence-electron chi connectivity index (χ3n) is 5.09. The number of nitrogens with two attached hydrogens (primary N) is 1. The molecular weight excluding hydrogens is 436 g/mol. The predicted octanol–water partition coefficient (Wildman–Crippen LogP) is 5.39. The van der Waals surface area contributed by atoms with Crippen molar-refractivity contribution in [3.63, 3.8) is 0 Å². The van der Waals surface area contributed by atoms with Gasteiger partial charge in [-0.05, 0) is 50.2 Å². The van der Waals surface area contributed by atoms with Gasteiger partial charge in [-0.1, -0.05) is 48.5 Å². The smallest absolute Gasteiger partial charge is 0.266 e. The van der Waals surface area contributed by atoms with Crippen molar-refractivity contribution in [1.29, 1.82) is 0 Å². The quantitative estimate of drug-likeness (QED) is 0.373. The number of sulfonamides is 1. The van der Waals surface area contributed by atoms with E-state index in [2.05, 4.69) is 15.3 Å². The minimum atomic E-state index is -3.87. The molecule has 4 aromatic rings. The van der Waals surface area contributed by atoms with Crippen molar-refractivity contribution in [2.75, 3.05) is 16.6 Å². The number of hydrogen-bond acceptors (Lipinski definition) is 6. The topological polar surface area (TPSA) is 106 Å². The van der Waals surface area contributed by atoms with Crippen molar-refractivity contribution < 1.29 is 8.42 Å². The second-order valence-electron chi connectivity index (χ2n) is 7.24. The molecule has 0 radical (unpaired) electrons. The minimum absolute atomic E-state index is 0.0612. The standard InChI is InChI=1S/C24H24N6O2S/c1-3-29(19-12-6-4-7-13-19)33(31,32)22-17-11-10-16-21(22)26-27-23-18(2)28-30(24(23)25)20-14-8-5-9-15-20/h4-17H,3,25H2,1-2H3. The third kappa shape index (κ3) is 4.35. The van der Waals surface area contributed by atoms with Crippen LogP contribution in [0.4, 0.5) is 22.9 Å². The van der Waals surface area contributed by atoms with Crippen molar-refractivity contribution in [3.8, 4) is 5.69 Å². The zero-order valence-electron chi connectivity index (χ0n) is 18.3. The Morgan fingerprint density at radius 1 is 0.909 bits per heavy atom.